The fourth-order valence-electron chi connectivity index (χ4n) is 1.89. The van der Waals surface area contributed by atoms with Crippen molar-refractivity contribution >= 4 is 5.69 Å². The first-order valence-corrected chi connectivity index (χ1v) is 5.42. The molecule has 2 N–H and O–H groups in total. The number of anilines is 1. The zero-order valence-electron chi connectivity index (χ0n) is 9.75. The van der Waals surface area contributed by atoms with Gasteiger partial charge in [0.1, 0.15) is 0 Å². The Morgan fingerprint density at radius 1 is 0.944 bits per heavy atom. The normalized spacial score (nSPS) is 11.6. The number of hydrogen-bond acceptors (Lipinski definition) is 1. The summed E-state index contributed by atoms with van der Waals surface area (Å²) in [6, 6.07) is 10.5. The molecular weight excluding hydrogens is 239 g/mol. The molecule has 1 nitrogen and oxygen atoms in total. The highest BCUT2D eigenvalue weighted by Crippen LogP contribution is 2.38. The second-order valence-corrected chi connectivity index (χ2v) is 4.13. The maximum absolute atomic E-state index is 12.9. The van der Waals surface area contributed by atoms with E-state index in [-0.39, 0.29) is 5.56 Å². The molecule has 0 heterocycles. The van der Waals surface area contributed by atoms with Gasteiger partial charge in [0.15, 0.2) is 0 Å². The van der Waals surface area contributed by atoms with Gasteiger partial charge in [0, 0.05) is 11.3 Å². The van der Waals surface area contributed by atoms with Crippen molar-refractivity contribution in [2.45, 2.75) is 13.1 Å². The molecule has 18 heavy (non-hydrogen) atoms. The second kappa shape index (κ2) is 4.37. The van der Waals surface area contributed by atoms with Gasteiger partial charge in [-0.25, -0.2) is 0 Å². The van der Waals surface area contributed by atoms with Gasteiger partial charge in [0.25, 0.3) is 0 Å². The molecule has 0 aliphatic heterocycles. The molecule has 0 aliphatic rings. The predicted octanol–water partition coefficient (Wildman–Crippen LogP) is 4.26. The van der Waals surface area contributed by atoms with Gasteiger partial charge in [-0.15, -0.1) is 0 Å². The fourth-order valence-corrected chi connectivity index (χ4v) is 1.89. The average molecular weight is 251 g/mol. The Labute approximate surface area is 103 Å². The third kappa shape index (κ3) is 2.32. The van der Waals surface area contributed by atoms with E-state index in [9.17, 15) is 13.2 Å². The van der Waals surface area contributed by atoms with Crippen LogP contribution in [0.5, 0.6) is 0 Å². The molecule has 0 fully saturated rings. The lowest BCUT2D eigenvalue weighted by atomic mass is 9.97. The van der Waals surface area contributed by atoms with Gasteiger partial charge >= 0.3 is 6.18 Å². The second-order valence-electron chi connectivity index (χ2n) is 4.13. The molecule has 0 atom stereocenters. The number of alkyl halides is 3. The number of halogens is 3. The Kier molecular flexibility index (Phi) is 3.03. The molecule has 0 spiro atoms. The monoisotopic (exact) mass is 251 g/mol. The third-order valence-electron chi connectivity index (χ3n) is 2.73. The van der Waals surface area contributed by atoms with Gasteiger partial charge in [-0.05, 0) is 30.2 Å². The minimum Gasteiger partial charge on any atom is -0.398 e. The van der Waals surface area contributed by atoms with Crippen LogP contribution in [0.3, 0.4) is 0 Å². The van der Waals surface area contributed by atoms with E-state index in [1.807, 2.05) is 6.92 Å². The SMILES string of the molecule is Cc1ccc(-c2ccccc2C(F)(F)F)c(N)c1. The summed E-state index contributed by atoms with van der Waals surface area (Å²) in [6.07, 6.45) is -4.38. The quantitative estimate of drug-likeness (QED) is 0.753. The summed E-state index contributed by atoms with van der Waals surface area (Å²) in [7, 11) is 0. The fraction of sp³-hybridized carbons (Fsp3) is 0.143. The molecule has 0 aromatic heterocycles. The Bertz CT molecular complexity index is 573. The summed E-state index contributed by atoms with van der Waals surface area (Å²) < 4.78 is 38.7. The van der Waals surface area contributed by atoms with Crippen LogP contribution in [0.1, 0.15) is 11.1 Å². The minimum absolute atomic E-state index is 0.113. The standard InChI is InChI=1S/C14H12F3N/c1-9-6-7-11(13(18)8-9)10-4-2-3-5-12(10)14(15,16)17/h2-8H,18H2,1H3. The largest absolute Gasteiger partial charge is 0.417 e. The summed E-state index contributed by atoms with van der Waals surface area (Å²) in [5, 5.41) is 0. The van der Waals surface area contributed by atoms with Crippen molar-refractivity contribution in [2.75, 3.05) is 5.73 Å². The highest BCUT2D eigenvalue weighted by molar-refractivity contribution is 5.79. The maximum atomic E-state index is 12.9. The third-order valence-corrected chi connectivity index (χ3v) is 2.73. The first-order valence-electron chi connectivity index (χ1n) is 5.42. The van der Waals surface area contributed by atoms with Gasteiger partial charge in [0.2, 0.25) is 0 Å². The van der Waals surface area contributed by atoms with E-state index in [1.165, 1.54) is 12.1 Å². The van der Waals surface area contributed by atoms with Crippen LogP contribution in [-0.2, 0) is 6.18 Å². The zero-order chi connectivity index (χ0) is 13.3. The van der Waals surface area contributed by atoms with Crippen molar-refractivity contribution in [1.82, 2.24) is 0 Å². The molecule has 0 unspecified atom stereocenters. The Balaban J connectivity index is 2.64. The van der Waals surface area contributed by atoms with Crippen LogP contribution in [0.4, 0.5) is 18.9 Å². The van der Waals surface area contributed by atoms with Gasteiger partial charge in [-0.3, -0.25) is 0 Å². The van der Waals surface area contributed by atoms with Gasteiger partial charge < -0.3 is 5.73 Å². The van der Waals surface area contributed by atoms with E-state index in [1.54, 1.807) is 24.3 Å². The number of nitrogen functional groups attached to an aromatic ring is 1. The first kappa shape index (κ1) is 12.5. The lowest BCUT2D eigenvalue weighted by molar-refractivity contribution is -0.137. The summed E-state index contributed by atoms with van der Waals surface area (Å²) in [4.78, 5) is 0. The Morgan fingerprint density at radius 2 is 1.61 bits per heavy atom. The van der Waals surface area contributed by atoms with Crippen LogP contribution < -0.4 is 5.73 Å². The number of aryl methyl sites for hydroxylation is 1. The predicted molar refractivity (Wildman–Crippen MR) is 66.0 cm³/mol. The number of nitrogens with two attached hydrogens (primary N) is 1. The van der Waals surface area contributed by atoms with Gasteiger partial charge in [-0.1, -0.05) is 30.3 Å². The summed E-state index contributed by atoms with van der Waals surface area (Å²) in [6.45, 7) is 1.84. The lowest BCUT2D eigenvalue weighted by Gasteiger charge is -2.14. The molecule has 4 heteroatoms. The number of benzene rings is 2. The molecule has 0 bridgehead atoms. The Hall–Kier alpha value is -1.97. The minimum atomic E-state index is -4.38. The molecule has 0 saturated carbocycles. The molecular formula is C14H12F3N. The molecule has 0 aliphatic carbocycles. The van der Waals surface area contributed by atoms with Gasteiger partial charge in [0.05, 0.1) is 5.56 Å². The maximum Gasteiger partial charge on any atom is 0.417 e. The van der Waals surface area contributed by atoms with Crippen LogP contribution in [0.2, 0.25) is 0 Å². The molecule has 0 amide bonds. The highest BCUT2D eigenvalue weighted by Gasteiger charge is 2.33. The molecule has 94 valence electrons. The van der Waals surface area contributed by atoms with E-state index in [2.05, 4.69) is 0 Å². The van der Waals surface area contributed by atoms with Crippen LogP contribution in [-0.4, -0.2) is 0 Å². The number of hydrogen-bond donors (Lipinski definition) is 1. The van der Waals surface area contributed by atoms with Crippen LogP contribution >= 0.6 is 0 Å². The van der Waals surface area contributed by atoms with Crippen LogP contribution in [0.15, 0.2) is 42.5 Å². The first-order chi connectivity index (χ1) is 8.39. The topological polar surface area (TPSA) is 26.0 Å². The van der Waals surface area contributed by atoms with Crippen molar-refractivity contribution in [3.63, 3.8) is 0 Å². The number of rotatable bonds is 1. The van der Waals surface area contributed by atoms with E-state index in [0.717, 1.165) is 11.6 Å². The molecule has 0 radical (unpaired) electrons. The van der Waals surface area contributed by atoms with Crippen LogP contribution in [0.25, 0.3) is 11.1 Å². The van der Waals surface area contributed by atoms with E-state index in [0.29, 0.717) is 11.3 Å². The van der Waals surface area contributed by atoms with E-state index >= 15 is 0 Å². The zero-order valence-corrected chi connectivity index (χ0v) is 9.75. The van der Waals surface area contributed by atoms with Crippen LogP contribution in [0, 0.1) is 6.92 Å². The molecule has 2 aromatic carbocycles. The van der Waals surface area contributed by atoms with Crippen molar-refractivity contribution in [1.29, 1.82) is 0 Å². The smallest absolute Gasteiger partial charge is 0.398 e. The van der Waals surface area contributed by atoms with Crippen molar-refractivity contribution in [3.8, 4) is 11.1 Å². The summed E-state index contributed by atoms with van der Waals surface area (Å²) in [5.41, 5.74) is 6.93. The van der Waals surface area contributed by atoms with Crippen molar-refractivity contribution in [2.24, 2.45) is 0 Å². The summed E-state index contributed by atoms with van der Waals surface area (Å²) >= 11 is 0. The van der Waals surface area contributed by atoms with Gasteiger partial charge in [-0.2, -0.15) is 13.2 Å². The van der Waals surface area contributed by atoms with E-state index in [4.69, 9.17) is 5.73 Å². The Morgan fingerprint density at radius 3 is 2.22 bits per heavy atom. The van der Waals surface area contributed by atoms with Crippen molar-refractivity contribution in [3.05, 3.63) is 53.6 Å². The van der Waals surface area contributed by atoms with E-state index < -0.39 is 11.7 Å². The molecule has 2 aromatic rings. The highest BCUT2D eigenvalue weighted by atomic mass is 19.4. The average Bonchev–Trinajstić information content (AvgIpc) is 2.28. The molecule has 0 saturated heterocycles. The summed E-state index contributed by atoms with van der Waals surface area (Å²) in [5.74, 6) is 0. The lowest BCUT2D eigenvalue weighted by Crippen LogP contribution is -2.07. The van der Waals surface area contributed by atoms with Crippen molar-refractivity contribution < 1.29 is 13.2 Å². The molecule has 2 rings (SSSR count).